The fourth-order valence-electron chi connectivity index (χ4n) is 4.38. The van der Waals surface area contributed by atoms with Crippen LogP contribution in [0.15, 0.2) is 60.3 Å². The molecule has 7 nitrogen and oxygen atoms in total. The number of nitrogens with zero attached hydrogens (tertiary/aromatic N) is 3. The Labute approximate surface area is 233 Å². The molecule has 1 unspecified atom stereocenters. The zero-order valence-electron chi connectivity index (χ0n) is 21.0. The van der Waals surface area contributed by atoms with Gasteiger partial charge in [0.25, 0.3) is 5.78 Å². The number of hydrogen-bond donors (Lipinski definition) is 1. The second-order valence-corrected chi connectivity index (χ2v) is 11.6. The van der Waals surface area contributed by atoms with Crippen molar-refractivity contribution in [1.29, 1.82) is 0 Å². The van der Waals surface area contributed by atoms with Crippen molar-refractivity contribution in [3.63, 3.8) is 0 Å². The van der Waals surface area contributed by atoms with Crippen LogP contribution in [0.4, 0.5) is 5.13 Å². The number of halogens is 2. The Hall–Kier alpha value is -3.46. The molecule has 1 saturated heterocycles. The molecule has 10 heteroatoms. The van der Waals surface area contributed by atoms with E-state index in [0.717, 1.165) is 10.3 Å². The van der Waals surface area contributed by atoms with Crippen LogP contribution in [0.5, 0.6) is 5.75 Å². The lowest BCUT2D eigenvalue weighted by Crippen LogP contribution is -2.29. The average molecular weight is 568 g/mol. The van der Waals surface area contributed by atoms with Crippen LogP contribution in [0, 0.1) is 0 Å². The lowest BCUT2D eigenvalue weighted by atomic mass is 9.87. The number of thiazole rings is 1. The first kappa shape index (κ1) is 26.2. The van der Waals surface area contributed by atoms with Gasteiger partial charge < -0.3 is 9.84 Å². The fourth-order valence-corrected chi connectivity index (χ4v) is 6.05. The molecule has 1 aliphatic heterocycles. The van der Waals surface area contributed by atoms with E-state index < -0.39 is 23.5 Å². The summed E-state index contributed by atoms with van der Waals surface area (Å²) in [6, 6.07) is 13.0. The maximum Gasteiger partial charge on any atom is 0.301 e. The number of pyridine rings is 1. The number of benzene rings is 2. The SMILES string of the molecule is COc1c(Cl)cc(/C(O)=C2\C(=O)C(=O)N(c3nc4ccc(C(C)(C)C)cc4s3)C2c2ccccn2)cc1Cl. The number of aliphatic hydroxyl groups excluding tert-OH is 1. The van der Waals surface area contributed by atoms with Crippen molar-refractivity contribution in [2.24, 2.45) is 0 Å². The van der Waals surface area contributed by atoms with Crippen LogP contribution in [0.1, 0.15) is 43.6 Å². The molecule has 194 valence electrons. The average Bonchev–Trinajstić information content (AvgIpc) is 3.41. The van der Waals surface area contributed by atoms with Crippen molar-refractivity contribution in [1.82, 2.24) is 9.97 Å². The molecule has 0 saturated carbocycles. The first-order chi connectivity index (χ1) is 18.0. The van der Waals surface area contributed by atoms with Crippen LogP contribution in [-0.2, 0) is 15.0 Å². The number of aliphatic hydroxyl groups is 1. The van der Waals surface area contributed by atoms with Crippen molar-refractivity contribution < 1.29 is 19.4 Å². The molecule has 4 aromatic rings. The number of aromatic nitrogens is 2. The van der Waals surface area contributed by atoms with E-state index in [1.165, 1.54) is 35.5 Å². The third-order valence-electron chi connectivity index (χ3n) is 6.34. The summed E-state index contributed by atoms with van der Waals surface area (Å²) in [5.41, 5.74) is 2.18. The second-order valence-electron chi connectivity index (χ2n) is 9.83. The molecule has 0 aliphatic carbocycles. The van der Waals surface area contributed by atoms with Gasteiger partial charge in [0.2, 0.25) is 0 Å². The molecular weight excluding hydrogens is 545 g/mol. The highest BCUT2D eigenvalue weighted by molar-refractivity contribution is 7.22. The molecule has 1 fully saturated rings. The number of carbonyl (C=O) groups is 2. The van der Waals surface area contributed by atoms with E-state index >= 15 is 0 Å². The van der Waals surface area contributed by atoms with Gasteiger partial charge in [-0.25, -0.2) is 4.98 Å². The molecule has 0 radical (unpaired) electrons. The second kappa shape index (κ2) is 9.69. The molecule has 0 spiro atoms. The number of Topliss-reactive ketones (excluding diaryl/α,β-unsaturated/α-hetero) is 1. The molecule has 3 heterocycles. The number of methoxy groups -OCH3 is 1. The molecule has 1 atom stereocenters. The molecular formula is C28H23Cl2N3O4S. The van der Waals surface area contributed by atoms with E-state index in [-0.39, 0.29) is 32.3 Å². The number of anilines is 1. The molecule has 1 aliphatic rings. The summed E-state index contributed by atoms with van der Waals surface area (Å²) < 4.78 is 6.07. The summed E-state index contributed by atoms with van der Waals surface area (Å²) in [5, 5.41) is 12.0. The smallest absolute Gasteiger partial charge is 0.301 e. The summed E-state index contributed by atoms with van der Waals surface area (Å²) in [6.45, 7) is 6.36. The minimum atomic E-state index is -1.02. The third-order valence-corrected chi connectivity index (χ3v) is 7.92. The quantitative estimate of drug-likeness (QED) is 0.163. The maximum absolute atomic E-state index is 13.5. The number of fused-ring (bicyclic) bond motifs is 1. The molecule has 2 aromatic carbocycles. The van der Waals surface area contributed by atoms with E-state index in [4.69, 9.17) is 27.9 Å². The Kier molecular flexibility index (Phi) is 6.67. The normalized spacial score (nSPS) is 17.4. The Morgan fingerprint density at radius 2 is 1.79 bits per heavy atom. The van der Waals surface area contributed by atoms with Crippen molar-refractivity contribution >= 4 is 67.3 Å². The number of hydrogen-bond acceptors (Lipinski definition) is 7. The Balaban J connectivity index is 1.70. The first-order valence-electron chi connectivity index (χ1n) is 11.7. The number of ether oxygens (including phenoxy) is 1. The lowest BCUT2D eigenvalue weighted by Gasteiger charge is -2.22. The zero-order chi connectivity index (χ0) is 27.4. The van der Waals surface area contributed by atoms with Crippen molar-refractivity contribution in [3.8, 4) is 5.75 Å². The van der Waals surface area contributed by atoms with Gasteiger partial charge >= 0.3 is 5.91 Å². The standard InChI is InChI=1S/C28H23Cl2N3O4S/c1-28(2,3)15-8-9-18-20(13-15)38-27(32-18)33-22(19-7-5-6-10-31-19)21(24(35)26(33)36)23(34)14-11-16(29)25(37-4)17(30)12-14/h5-13,22,34H,1-4H3/b23-21+. The van der Waals surface area contributed by atoms with Gasteiger partial charge in [-0.3, -0.25) is 19.5 Å². The van der Waals surface area contributed by atoms with Crippen molar-refractivity contribution in [2.45, 2.75) is 32.2 Å². The van der Waals surface area contributed by atoms with Crippen molar-refractivity contribution in [2.75, 3.05) is 12.0 Å². The minimum absolute atomic E-state index is 0.0725. The molecule has 38 heavy (non-hydrogen) atoms. The Morgan fingerprint density at radius 3 is 2.39 bits per heavy atom. The van der Waals surface area contributed by atoms with E-state index in [1.54, 1.807) is 24.4 Å². The van der Waals surface area contributed by atoms with Crippen LogP contribution >= 0.6 is 34.5 Å². The van der Waals surface area contributed by atoms with Gasteiger partial charge in [-0.15, -0.1) is 0 Å². The fraction of sp³-hybridized carbons (Fsp3) is 0.214. The highest BCUT2D eigenvalue weighted by atomic mass is 35.5. The van der Waals surface area contributed by atoms with Gasteiger partial charge in [0, 0.05) is 11.8 Å². The lowest BCUT2D eigenvalue weighted by molar-refractivity contribution is -0.132. The summed E-state index contributed by atoms with van der Waals surface area (Å²) in [7, 11) is 1.42. The van der Waals surface area contributed by atoms with E-state index in [1.807, 2.05) is 18.2 Å². The molecule has 1 amide bonds. The maximum atomic E-state index is 13.5. The van der Waals surface area contributed by atoms with Gasteiger partial charge in [-0.1, -0.05) is 67.4 Å². The topological polar surface area (TPSA) is 92.6 Å². The van der Waals surface area contributed by atoms with Gasteiger partial charge in [-0.05, 0) is 47.4 Å². The molecule has 2 aromatic heterocycles. The van der Waals surface area contributed by atoms with Crippen LogP contribution < -0.4 is 9.64 Å². The highest BCUT2D eigenvalue weighted by Crippen LogP contribution is 2.45. The molecule has 1 N–H and O–H groups in total. The predicted octanol–water partition coefficient (Wildman–Crippen LogP) is 6.93. The summed E-state index contributed by atoms with van der Waals surface area (Å²) >= 11 is 13.9. The van der Waals surface area contributed by atoms with Crippen LogP contribution in [0.2, 0.25) is 10.0 Å². The zero-order valence-corrected chi connectivity index (χ0v) is 23.3. The van der Waals surface area contributed by atoms with E-state index in [2.05, 4.69) is 30.7 Å². The monoisotopic (exact) mass is 567 g/mol. The first-order valence-corrected chi connectivity index (χ1v) is 13.2. The Morgan fingerprint density at radius 1 is 1.08 bits per heavy atom. The van der Waals surface area contributed by atoms with E-state index in [9.17, 15) is 14.7 Å². The summed E-state index contributed by atoms with van der Waals surface area (Å²) in [6.07, 6.45) is 1.56. The van der Waals surface area contributed by atoms with Gasteiger partial charge in [0.05, 0.1) is 38.6 Å². The van der Waals surface area contributed by atoms with E-state index in [0.29, 0.717) is 16.3 Å². The van der Waals surface area contributed by atoms with Crippen LogP contribution in [0.3, 0.4) is 0 Å². The molecule has 5 rings (SSSR count). The number of amides is 1. The highest BCUT2D eigenvalue weighted by Gasteiger charge is 2.49. The molecule has 0 bridgehead atoms. The third kappa shape index (κ3) is 4.42. The number of ketones is 1. The predicted molar refractivity (Wildman–Crippen MR) is 150 cm³/mol. The van der Waals surface area contributed by atoms with Gasteiger partial charge in [-0.2, -0.15) is 0 Å². The van der Waals surface area contributed by atoms with Crippen LogP contribution in [0.25, 0.3) is 16.0 Å². The summed E-state index contributed by atoms with van der Waals surface area (Å²) in [5.74, 6) is -1.88. The van der Waals surface area contributed by atoms with Gasteiger partial charge in [0.15, 0.2) is 10.9 Å². The van der Waals surface area contributed by atoms with Crippen molar-refractivity contribution in [3.05, 3.63) is 87.2 Å². The Bertz CT molecular complexity index is 1600. The van der Waals surface area contributed by atoms with Crippen LogP contribution in [-0.4, -0.2) is 33.9 Å². The van der Waals surface area contributed by atoms with Gasteiger partial charge in [0.1, 0.15) is 11.8 Å². The number of rotatable bonds is 4. The number of carbonyl (C=O) groups excluding carboxylic acids is 2. The summed E-state index contributed by atoms with van der Waals surface area (Å²) in [4.78, 5) is 37.3. The largest absolute Gasteiger partial charge is 0.507 e. The minimum Gasteiger partial charge on any atom is -0.507 e.